The molecule has 0 aromatic heterocycles. The third kappa shape index (κ3) is 2.66. The van der Waals surface area contributed by atoms with Crippen molar-refractivity contribution in [3.63, 3.8) is 0 Å². The zero-order valence-electron chi connectivity index (χ0n) is 10.2. The molecule has 18 heavy (non-hydrogen) atoms. The van der Waals surface area contributed by atoms with Crippen molar-refractivity contribution in [3.05, 3.63) is 29.8 Å². The molecule has 1 fully saturated rings. The van der Waals surface area contributed by atoms with Gasteiger partial charge in [0.1, 0.15) is 0 Å². The highest BCUT2D eigenvalue weighted by Crippen LogP contribution is 2.41. The van der Waals surface area contributed by atoms with Gasteiger partial charge in [-0.25, -0.2) is 4.42 Å². The summed E-state index contributed by atoms with van der Waals surface area (Å²) in [5.74, 6) is -0.391. The van der Waals surface area contributed by atoms with Crippen molar-refractivity contribution in [2.24, 2.45) is 5.92 Å². The van der Waals surface area contributed by atoms with E-state index in [0.29, 0.717) is 13.2 Å². The van der Waals surface area contributed by atoms with Crippen LogP contribution in [0.25, 0.3) is 0 Å². The van der Waals surface area contributed by atoms with E-state index in [4.69, 9.17) is 16.5 Å². The summed E-state index contributed by atoms with van der Waals surface area (Å²) in [7, 11) is 0. The van der Waals surface area contributed by atoms with E-state index < -0.39 is 0 Å². The molecule has 0 radical (unpaired) electrons. The molecule has 5 heteroatoms. The van der Waals surface area contributed by atoms with E-state index in [-0.39, 0.29) is 17.9 Å². The number of benzene rings is 1. The van der Waals surface area contributed by atoms with Gasteiger partial charge in [-0.3, -0.25) is 4.79 Å². The van der Waals surface area contributed by atoms with Gasteiger partial charge in [0.05, 0.1) is 18.6 Å². The molecule has 2 atom stereocenters. The smallest absolute Gasteiger partial charge is 0.310 e. The van der Waals surface area contributed by atoms with Gasteiger partial charge in [-0.2, -0.15) is 0 Å². The lowest BCUT2D eigenvalue weighted by Gasteiger charge is -2.23. The summed E-state index contributed by atoms with van der Waals surface area (Å²) in [5, 5.41) is 0. The molecule has 0 aliphatic carbocycles. The van der Waals surface area contributed by atoms with Crippen molar-refractivity contribution in [2.75, 3.05) is 13.2 Å². The van der Waals surface area contributed by atoms with Crippen LogP contribution in [0.2, 0.25) is 0 Å². The Morgan fingerprint density at radius 1 is 1.56 bits per heavy atom. The summed E-state index contributed by atoms with van der Waals surface area (Å²) in [6, 6.07) is 7.56. The van der Waals surface area contributed by atoms with Crippen LogP contribution >= 0.6 is 24.4 Å². The Bertz CT molecular complexity index is 441. The molecule has 0 amide bonds. The van der Waals surface area contributed by atoms with E-state index in [0.717, 1.165) is 16.9 Å². The number of carbonyl (C=O) groups excluding carboxylic acids is 1. The van der Waals surface area contributed by atoms with Gasteiger partial charge in [0, 0.05) is 11.4 Å². The van der Waals surface area contributed by atoms with E-state index >= 15 is 0 Å². The topological polar surface area (TPSA) is 29.5 Å². The van der Waals surface area contributed by atoms with Gasteiger partial charge in [-0.1, -0.05) is 18.2 Å². The molecule has 0 bridgehead atoms. The van der Waals surface area contributed by atoms with Crippen molar-refractivity contribution in [2.45, 2.75) is 24.3 Å². The van der Waals surface area contributed by atoms with Crippen molar-refractivity contribution < 1.29 is 9.53 Å². The molecule has 0 spiro atoms. The minimum absolute atomic E-state index is 0.153. The molecular formula is C13H16ClNO2S. The molecule has 1 aliphatic heterocycles. The fourth-order valence-corrected chi connectivity index (χ4v) is 2.99. The molecule has 2 unspecified atom stereocenters. The highest BCUT2D eigenvalue weighted by Gasteiger charge is 2.40. The van der Waals surface area contributed by atoms with Crippen molar-refractivity contribution in [1.82, 2.24) is 4.42 Å². The fourth-order valence-electron chi connectivity index (χ4n) is 2.36. The molecule has 0 N–H and O–H groups in total. The molecule has 2 rings (SSSR count). The Morgan fingerprint density at radius 2 is 2.28 bits per heavy atom. The average molecular weight is 286 g/mol. The van der Waals surface area contributed by atoms with Crippen LogP contribution in [0.3, 0.4) is 0 Å². The first-order chi connectivity index (χ1) is 8.65. The van der Waals surface area contributed by atoms with E-state index in [9.17, 15) is 4.79 Å². The minimum atomic E-state index is -0.212. The molecule has 98 valence electrons. The van der Waals surface area contributed by atoms with Gasteiger partial charge >= 0.3 is 5.97 Å². The van der Waals surface area contributed by atoms with Gasteiger partial charge in [0.25, 0.3) is 0 Å². The maximum atomic E-state index is 12.0. The van der Waals surface area contributed by atoms with E-state index in [1.807, 2.05) is 31.2 Å². The molecular weight excluding hydrogens is 270 g/mol. The zero-order chi connectivity index (χ0) is 13.1. The third-order valence-corrected chi connectivity index (χ3v) is 3.97. The second-order valence-electron chi connectivity index (χ2n) is 4.27. The Hall–Kier alpha value is -0.710. The summed E-state index contributed by atoms with van der Waals surface area (Å²) in [6.45, 7) is 2.89. The number of hydrogen-bond donors (Lipinski definition) is 1. The van der Waals surface area contributed by atoms with Gasteiger partial charge in [-0.15, -0.1) is 12.6 Å². The molecule has 1 heterocycles. The van der Waals surface area contributed by atoms with Crippen LogP contribution in [0.15, 0.2) is 29.2 Å². The number of carbonyl (C=O) groups is 1. The van der Waals surface area contributed by atoms with E-state index in [1.165, 1.54) is 0 Å². The molecule has 1 aromatic rings. The quantitative estimate of drug-likeness (QED) is 0.526. The number of ether oxygens (including phenoxy) is 1. The molecule has 0 saturated carbocycles. The maximum Gasteiger partial charge on any atom is 0.310 e. The summed E-state index contributed by atoms with van der Waals surface area (Å²) in [6.07, 6.45) is 0.717. The molecule has 1 saturated heterocycles. The van der Waals surface area contributed by atoms with Crippen LogP contribution in [0.5, 0.6) is 0 Å². The Morgan fingerprint density at radius 3 is 2.94 bits per heavy atom. The number of halogens is 1. The summed E-state index contributed by atoms with van der Waals surface area (Å²) >= 11 is 10.7. The van der Waals surface area contributed by atoms with Crippen LogP contribution in [-0.2, 0) is 9.53 Å². The Labute approximate surface area is 118 Å². The number of hydrogen-bond acceptors (Lipinski definition) is 4. The lowest BCUT2D eigenvalue weighted by atomic mass is 9.94. The monoisotopic (exact) mass is 285 g/mol. The summed E-state index contributed by atoms with van der Waals surface area (Å²) < 4.78 is 6.79. The van der Waals surface area contributed by atoms with Crippen molar-refractivity contribution in [3.8, 4) is 0 Å². The summed E-state index contributed by atoms with van der Waals surface area (Å²) in [5.41, 5.74) is 0.978. The summed E-state index contributed by atoms with van der Waals surface area (Å²) in [4.78, 5) is 12.8. The van der Waals surface area contributed by atoms with E-state index in [1.54, 1.807) is 4.42 Å². The number of thiol groups is 1. The van der Waals surface area contributed by atoms with Gasteiger partial charge in [-0.05, 0) is 36.8 Å². The van der Waals surface area contributed by atoms with Crippen LogP contribution in [0.4, 0.5) is 0 Å². The predicted octanol–water partition coefficient (Wildman–Crippen LogP) is 3.06. The zero-order valence-corrected chi connectivity index (χ0v) is 11.8. The molecule has 3 nitrogen and oxygen atoms in total. The SMILES string of the molecule is CCOC(=O)C1CCN(Cl)C1c1ccccc1S. The van der Waals surface area contributed by atoms with E-state index in [2.05, 4.69) is 12.6 Å². The number of nitrogens with zero attached hydrogens (tertiary/aromatic N) is 1. The van der Waals surface area contributed by atoms with Crippen LogP contribution in [-0.4, -0.2) is 23.5 Å². The predicted molar refractivity (Wildman–Crippen MR) is 73.7 cm³/mol. The van der Waals surface area contributed by atoms with Gasteiger partial charge < -0.3 is 4.74 Å². The lowest BCUT2D eigenvalue weighted by molar-refractivity contribution is -0.148. The van der Waals surface area contributed by atoms with Crippen LogP contribution < -0.4 is 0 Å². The lowest BCUT2D eigenvalue weighted by Crippen LogP contribution is -2.24. The minimum Gasteiger partial charge on any atom is -0.466 e. The normalized spacial score (nSPS) is 24.2. The molecule has 1 aliphatic rings. The first kappa shape index (κ1) is 13.7. The first-order valence-corrected chi connectivity index (χ1v) is 6.80. The van der Waals surface area contributed by atoms with Crippen molar-refractivity contribution in [1.29, 1.82) is 0 Å². The Kier molecular flexibility index (Phi) is 4.54. The second kappa shape index (κ2) is 5.95. The fraction of sp³-hybridized carbons (Fsp3) is 0.462. The number of esters is 1. The van der Waals surface area contributed by atoms with Crippen molar-refractivity contribution >= 4 is 30.4 Å². The second-order valence-corrected chi connectivity index (χ2v) is 5.19. The van der Waals surface area contributed by atoms with Crippen LogP contribution in [0.1, 0.15) is 24.9 Å². The standard InChI is InChI=1S/C13H16ClNO2S/c1-2-17-13(16)10-7-8-15(14)12(10)9-5-3-4-6-11(9)18/h3-6,10,12,18H,2,7-8H2,1H3. The molecule has 1 aromatic carbocycles. The number of rotatable bonds is 3. The largest absolute Gasteiger partial charge is 0.466 e. The highest BCUT2D eigenvalue weighted by molar-refractivity contribution is 7.80. The van der Waals surface area contributed by atoms with Gasteiger partial charge in [0.2, 0.25) is 0 Å². The first-order valence-electron chi connectivity index (χ1n) is 6.02. The maximum absolute atomic E-state index is 12.0. The van der Waals surface area contributed by atoms with Gasteiger partial charge in [0.15, 0.2) is 0 Å². The average Bonchev–Trinajstić information content (AvgIpc) is 2.72. The van der Waals surface area contributed by atoms with Crippen LogP contribution in [0, 0.1) is 5.92 Å². The Balaban J connectivity index is 2.28. The third-order valence-electron chi connectivity index (χ3n) is 3.18. The highest BCUT2D eigenvalue weighted by atomic mass is 35.5.